The van der Waals surface area contributed by atoms with Crippen molar-refractivity contribution in [3.63, 3.8) is 0 Å². The highest BCUT2D eigenvalue weighted by Gasteiger charge is 2.41. The zero-order valence-corrected chi connectivity index (χ0v) is 11.1. The summed E-state index contributed by atoms with van der Waals surface area (Å²) in [5.41, 5.74) is 5.69. The van der Waals surface area contributed by atoms with E-state index in [1.165, 1.54) is 0 Å². The van der Waals surface area contributed by atoms with Crippen molar-refractivity contribution < 1.29 is 4.79 Å². The first kappa shape index (κ1) is 12.2. The molecule has 16 heavy (non-hydrogen) atoms. The number of nitrogens with zero attached hydrogens (tertiary/aromatic N) is 1. The molecule has 1 amide bonds. The second-order valence-corrected chi connectivity index (χ2v) is 7.21. The van der Waals surface area contributed by atoms with Crippen LogP contribution in [-0.4, -0.2) is 39.9 Å². The predicted molar refractivity (Wildman–Crippen MR) is 68.5 cm³/mol. The van der Waals surface area contributed by atoms with Crippen molar-refractivity contribution in [2.24, 2.45) is 5.73 Å². The third-order valence-corrected chi connectivity index (χ3v) is 4.86. The van der Waals surface area contributed by atoms with Crippen LogP contribution in [-0.2, 0) is 4.79 Å². The van der Waals surface area contributed by atoms with Gasteiger partial charge in [0.2, 0.25) is 5.91 Å². The number of amides is 1. The van der Waals surface area contributed by atoms with Gasteiger partial charge in [0, 0.05) is 23.6 Å². The number of hydrogen-bond acceptors (Lipinski definition) is 3. The third-order valence-electron chi connectivity index (χ3n) is 3.63. The summed E-state index contributed by atoms with van der Waals surface area (Å²) in [4.78, 5) is 14.4. The monoisotopic (exact) mass is 242 g/mol. The van der Waals surface area contributed by atoms with Crippen LogP contribution < -0.4 is 5.73 Å². The minimum Gasteiger partial charge on any atom is -0.339 e. The Kier molecular flexibility index (Phi) is 3.50. The van der Waals surface area contributed by atoms with Crippen LogP contribution in [0.25, 0.3) is 0 Å². The van der Waals surface area contributed by atoms with E-state index in [1.54, 1.807) is 0 Å². The molecule has 2 atom stereocenters. The molecule has 1 heterocycles. The maximum absolute atomic E-state index is 12.4. The number of rotatable bonds is 1. The van der Waals surface area contributed by atoms with E-state index in [9.17, 15) is 4.79 Å². The van der Waals surface area contributed by atoms with Gasteiger partial charge in [-0.3, -0.25) is 4.79 Å². The summed E-state index contributed by atoms with van der Waals surface area (Å²) in [5.74, 6) is 0.198. The molecule has 0 aromatic rings. The molecule has 2 unspecified atom stereocenters. The molecule has 2 fully saturated rings. The number of hydrogen-bond donors (Lipinski definition) is 1. The Morgan fingerprint density at radius 2 is 1.75 bits per heavy atom. The summed E-state index contributed by atoms with van der Waals surface area (Å²) in [7, 11) is 0. The smallest absolute Gasteiger partial charge is 0.242 e. The van der Waals surface area contributed by atoms with Crippen LogP contribution in [0.15, 0.2) is 0 Å². The van der Waals surface area contributed by atoms with E-state index in [2.05, 4.69) is 13.8 Å². The lowest BCUT2D eigenvalue weighted by molar-refractivity contribution is -0.137. The van der Waals surface area contributed by atoms with Crippen molar-refractivity contribution >= 4 is 17.7 Å². The van der Waals surface area contributed by atoms with Gasteiger partial charge in [-0.25, -0.2) is 0 Å². The van der Waals surface area contributed by atoms with Crippen LogP contribution in [0.2, 0.25) is 0 Å². The highest BCUT2D eigenvalue weighted by Crippen LogP contribution is 2.32. The summed E-state index contributed by atoms with van der Waals surface area (Å²) in [6.45, 7) is 6.12. The van der Waals surface area contributed by atoms with Gasteiger partial charge in [0.15, 0.2) is 0 Å². The van der Waals surface area contributed by atoms with E-state index in [4.69, 9.17) is 5.73 Å². The Labute approximate surface area is 102 Å². The Morgan fingerprint density at radius 3 is 2.25 bits per heavy atom. The lowest BCUT2D eigenvalue weighted by Gasteiger charge is -2.38. The first-order valence-electron chi connectivity index (χ1n) is 6.25. The van der Waals surface area contributed by atoms with Crippen LogP contribution in [0.4, 0.5) is 0 Å². The first-order valence-corrected chi connectivity index (χ1v) is 7.19. The lowest BCUT2D eigenvalue weighted by Crippen LogP contribution is -2.57. The van der Waals surface area contributed by atoms with E-state index < -0.39 is 5.54 Å². The van der Waals surface area contributed by atoms with Crippen molar-refractivity contribution in [2.45, 2.75) is 55.6 Å². The van der Waals surface area contributed by atoms with Crippen LogP contribution >= 0.6 is 11.8 Å². The van der Waals surface area contributed by atoms with Gasteiger partial charge < -0.3 is 10.6 Å². The van der Waals surface area contributed by atoms with Crippen LogP contribution in [0.1, 0.15) is 39.5 Å². The Balaban J connectivity index is 2.03. The molecule has 4 heteroatoms. The van der Waals surface area contributed by atoms with E-state index in [1.807, 2.05) is 16.7 Å². The Morgan fingerprint density at radius 1 is 1.25 bits per heavy atom. The van der Waals surface area contributed by atoms with Crippen molar-refractivity contribution in [1.29, 1.82) is 0 Å². The molecule has 1 saturated carbocycles. The molecule has 1 aliphatic heterocycles. The molecule has 3 nitrogen and oxygen atoms in total. The van der Waals surface area contributed by atoms with E-state index >= 15 is 0 Å². The highest BCUT2D eigenvalue weighted by molar-refractivity contribution is 8.00. The quantitative estimate of drug-likeness (QED) is 0.760. The number of nitrogens with two attached hydrogens (primary N) is 1. The van der Waals surface area contributed by atoms with Gasteiger partial charge in [0.1, 0.15) is 0 Å². The average Bonchev–Trinajstić information content (AvgIpc) is 2.64. The van der Waals surface area contributed by atoms with Crippen molar-refractivity contribution in [1.82, 2.24) is 4.90 Å². The standard InChI is InChI=1S/C12H22N2OS/c1-9-7-14(8-10(2)16-9)11(15)12(13)5-3-4-6-12/h9-10H,3-8,13H2,1-2H3. The van der Waals surface area contributed by atoms with Crippen LogP contribution in [0.5, 0.6) is 0 Å². The maximum atomic E-state index is 12.4. The van der Waals surface area contributed by atoms with Gasteiger partial charge >= 0.3 is 0 Å². The molecule has 92 valence electrons. The molecule has 0 radical (unpaired) electrons. The fourth-order valence-electron chi connectivity index (χ4n) is 2.88. The zero-order chi connectivity index (χ0) is 11.8. The SMILES string of the molecule is CC1CN(C(=O)C2(N)CCCC2)CC(C)S1. The summed E-state index contributed by atoms with van der Waals surface area (Å²) in [6, 6.07) is 0. The molecule has 0 aromatic carbocycles. The van der Waals surface area contributed by atoms with E-state index in [0.717, 1.165) is 38.8 Å². The van der Waals surface area contributed by atoms with Gasteiger partial charge in [0.05, 0.1) is 5.54 Å². The van der Waals surface area contributed by atoms with Crippen molar-refractivity contribution in [3.8, 4) is 0 Å². The van der Waals surface area contributed by atoms with E-state index in [-0.39, 0.29) is 5.91 Å². The second-order valence-electron chi connectivity index (χ2n) is 5.33. The molecule has 0 spiro atoms. The minimum absolute atomic E-state index is 0.198. The second kappa shape index (κ2) is 4.57. The Bertz CT molecular complexity index is 266. The number of carbonyl (C=O) groups excluding carboxylic acids is 1. The molecule has 1 aliphatic carbocycles. The Hall–Kier alpha value is -0.220. The van der Waals surface area contributed by atoms with Crippen molar-refractivity contribution in [3.05, 3.63) is 0 Å². The third kappa shape index (κ3) is 2.38. The summed E-state index contributed by atoms with van der Waals surface area (Å²) < 4.78 is 0. The molecule has 0 aromatic heterocycles. The summed E-state index contributed by atoms with van der Waals surface area (Å²) in [5, 5.41) is 1.08. The topological polar surface area (TPSA) is 46.3 Å². The normalized spacial score (nSPS) is 34.1. The molecule has 1 saturated heterocycles. The van der Waals surface area contributed by atoms with E-state index in [0.29, 0.717) is 10.5 Å². The summed E-state index contributed by atoms with van der Waals surface area (Å²) in [6.07, 6.45) is 3.96. The zero-order valence-electron chi connectivity index (χ0n) is 10.2. The maximum Gasteiger partial charge on any atom is 0.242 e. The van der Waals surface area contributed by atoms with Gasteiger partial charge in [-0.2, -0.15) is 11.8 Å². The van der Waals surface area contributed by atoms with Gasteiger partial charge in [-0.1, -0.05) is 26.7 Å². The highest BCUT2D eigenvalue weighted by atomic mass is 32.2. The van der Waals surface area contributed by atoms with Gasteiger partial charge in [0.25, 0.3) is 0 Å². The summed E-state index contributed by atoms with van der Waals surface area (Å²) >= 11 is 1.97. The lowest BCUT2D eigenvalue weighted by atomic mass is 9.97. The first-order chi connectivity index (χ1) is 7.51. The average molecular weight is 242 g/mol. The number of carbonyl (C=O) groups is 1. The number of thioether (sulfide) groups is 1. The predicted octanol–water partition coefficient (Wildman–Crippen LogP) is 1.61. The molecule has 2 rings (SSSR count). The molecule has 0 bridgehead atoms. The molecule has 2 N–H and O–H groups in total. The van der Waals surface area contributed by atoms with Crippen molar-refractivity contribution in [2.75, 3.05) is 13.1 Å². The van der Waals surface area contributed by atoms with Gasteiger partial charge in [-0.05, 0) is 12.8 Å². The minimum atomic E-state index is -0.540. The molecule has 2 aliphatic rings. The van der Waals surface area contributed by atoms with Gasteiger partial charge in [-0.15, -0.1) is 0 Å². The largest absolute Gasteiger partial charge is 0.339 e. The fraction of sp³-hybridized carbons (Fsp3) is 0.917. The molecular weight excluding hydrogens is 220 g/mol. The van der Waals surface area contributed by atoms with Crippen LogP contribution in [0.3, 0.4) is 0 Å². The van der Waals surface area contributed by atoms with Crippen LogP contribution in [0, 0.1) is 0 Å². The fourth-order valence-corrected chi connectivity index (χ4v) is 4.20. The molecular formula is C12H22N2OS.